The van der Waals surface area contributed by atoms with Crippen LogP contribution in [0.25, 0.3) is 10.8 Å². The highest BCUT2D eigenvalue weighted by Gasteiger charge is 2.35. The third kappa shape index (κ3) is 5.04. The van der Waals surface area contributed by atoms with Crippen LogP contribution < -0.4 is 4.18 Å². The Bertz CT molecular complexity index is 1480. The maximum Gasteiger partial charge on any atom is 0.410 e. The van der Waals surface area contributed by atoms with Crippen LogP contribution >= 0.6 is 0 Å². The Hall–Kier alpha value is -3.48. The van der Waals surface area contributed by atoms with Gasteiger partial charge in [0, 0.05) is 18.1 Å². The predicted molar refractivity (Wildman–Crippen MR) is 121 cm³/mol. The molecule has 1 aliphatic rings. The Morgan fingerprint density at radius 2 is 1.62 bits per heavy atom. The molecule has 1 aliphatic heterocycles. The number of likely N-dealkylation sites (tertiary alicyclic amines) is 1. The molecule has 1 saturated heterocycles. The van der Waals surface area contributed by atoms with E-state index in [0.717, 1.165) is 12.1 Å². The smallest absolute Gasteiger partial charge is 0.410 e. The molecule has 4 rings (SSSR count). The SMILES string of the molecule is CC(C)(C)OC(=O)N1CCCC1c1nccc2cc(S(=O)(=O)Oc3c(F)c(F)c(F)c(F)c3F)ccc12. The monoisotopic (exact) mass is 544 g/mol. The molecule has 1 atom stereocenters. The lowest BCUT2D eigenvalue weighted by Crippen LogP contribution is -2.36. The van der Waals surface area contributed by atoms with Crippen molar-refractivity contribution in [2.45, 2.75) is 50.2 Å². The molecule has 2 heterocycles. The number of hydrogen-bond acceptors (Lipinski definition) is 6. The Morgan fingerprint density at radius 1 is 1.00 bits per heavy atom. The summed E-state index contributed by atoms with van der Waals surface area (Å²) in [5.74, 6) is -13.9. The number of ether oxygens (including phenoxy) is 1. The molecule has 1 unspecified atom stereocenters. The van der Waals surface area contributed by atoms with Crippen molar-refractivity contribution in [1.29, 1.82) is 0 Å². The molecule has 0 aliphatic carbocycles. The number of pyridine rings is 1. The number of rotatable bonds is 4. The number of aromatic nitrogens is 1. The Balaban J connectivity index is 1.70. The first-order valence-electron chi connectivity index (χ1n) is 11.1. The van der Waals surface area contributed by atoms with E-state index in [9.17, 15) is 35.2 Å². The lowest BCUT2D eigenvalue weighted by Gasteiger charge is -2.28. The molecule has 37 heavy (non-hydrogen) atoms. The highest BCUT2D eigenvalue weighted by molar-refractivity contribution is 7.87. The average molecular weight is 544 g/mol. The first-order valence-corrected chi connectivity index (χ1v) is 12.5. The minimum atomic E-state index is -5.01. The van der Waals surface area contributed by atoms with Crippen LogP contribution in [-0.4, -0.2) is 36.5 Å². The van der Waals surface area contributed by atoms with Gasteiger partial charge in [0.05, 0.1) is 11.7 Å². The Labute approximate surface area is 208 Å². The van der Waals surface area contributed by atoms with Crippen molar-refractivity contribution >= 4 is 27.0 Å². The summed E-state index contributed by atoms with van der Waals surface area (Å²) in [4.78, 5) is 18.0. The van der Waals surface area contributed by atoms with E-state index in [2.05, 4.69) is 9.17 Å². The first-order chi connectivity index (χ1) is 17.2. The highest BCUT2D eigenvalue weighted by atomic mass is 32.2. The number of fused-ring (bicyclic) bond motifs is 1. The standard InChI is InChI=1S/C24H21F5N2O5S/c1-24(2,3)35-23(32)31-10-4-5-15(31)21-14-7-6-13(11-12(14)8-9-30-21)37(33,34)36-22-19(28)17(26)16(25)18(27)20(22)29/h6-9,11,15H,4-5,10H2,1-3H3. The number of nitrogens with zero attached hydrogens (tertiary/aromatic N) is 2. The zero-order chi connectivity index (χ0) is 27.3. The first kappa shape index (κ1) is 26.6. The van der Waals surface area contributed by atoms with E-state index in [-0.39, 0.29) is 0 Å². The van der Waals surface area contributed by atoms with Crippen molar-refractivity contribution < 1.29 is 44.1 Å². The van der Waals surface area contributed by atoms with Crippen molar-refractivity contribution in [3.05, 3.63) is 65.2 Å². The second kappa shape index (κ2) is 9.43. The molecule has 2 aromatic carbocycles. The molecule has 1 aromatic heterocycles. The Morgan fingerprint density at radius 3 is 2.24 bits per heavy atom. The van der Waals surface area contributed by atoms with Crippen molar-refractivity contribution in [2.24, 2.45) is 0 Å². The van der Waals surface area contributed by atoms with Crippen LogP contribution in [0.5, 0.6) is 5.75 Å². The molecule has 13 heteroatoms. The number of amides is 1. The number of carbonyl (C=O) groups is 1. The summed E-state index contributed by atoms with van der Waals surface area (Å²) < 4.78 is 103. The third-order valence-electron chi connectivity index (χ3n) is 5.61. The summed E-state index contributed by atoms with van der Waals surface area (Å²) in [6, 6.07) is 4.52. The van der Waals surface area contributed by atoms with Crippen LogP contribution in [0.4, 0.5) is 26.7 Å². The van der Waals surface area contributed by atoms with Gasteiger partial charge in [-0.3, -0.25) is 9.88 Å². The molecule has 3 aromatic rings. The van der Waals surface area contributed by atoms with E-state index < -0.39 is 67.6 Å². The predicted octanol–water partition coefficient (Wildman–Crippen LogP) is 5.77. The largest absolute Gasteiger partial charge is 0.444 e. The molecule has 0 saturated carbocycles. The van der Waals surface area contributed by atoms with Gasteiger partial charge in [-0.1, -0.05) is 6.07 Å². The summed E-state index contributed by atoms with van der Waals surface area (Å²) in [7, 11) is -5.01. The topological polar surface area (TPSA) is 85.8 Å². The second-order valence-corrected chi connectivity index (χ2v) is 10.9. The molecule has 1 fully saturated rings. The number of halogens is 5. The molecule has 7 nitrogen and oxygen atoms in total. The zero-order valence-corrected chi connectivity index (χ0v) is 20.6. The maximum atomic E-state index is 14.0. The van der Waals surface area contributed by atoms with Crippen molar-refractivity contribution in [1.82, 2.24) is 9.88 Å². The van der Waals surface area contributed by atoms with Gasteiger partial charge in [0.1, 0.15) is 10.5 Å². The van der Waals surface area contributed by atoms with Gasteiger partial charge in [0.2, 0.25) is 34.8 Å². The quantitative estimate of drug-likeness (QED) is 0.179. The summed E-state index contributed by atoms with van der Waals surface area (Å²) in [5.41, 5.74) is -0.236. The maximum absolute atomic E-state index is 14.0. The summed E-state index contributed by atoms with van der Waals surface area (Å²) >= 11 is 0. The molecule has 0 spiro atoms. The number of hydrogen-bond donors (Lipinski definition) is 0. The molecule has 198 valence electrons. The van der Waals surface area contributed by atoms with E-state index >= 15 is 0 Å². The second-order valence-electron chi connectivity index (χ2n) is 9.35. The summed E-state index contributed by atoms with van der Waals surface area (Å²) in [5, 5.41) is 0.807. The highest BCUT2D eigenvalue weighted by Crippen LogP contribution is 2.37. The van der Waals surface area contributed by atoms with Crippen LogP contribution in [0.3, 0.4) is 0 Å². The van der Waals surface area contributed by atoms with Crippen LogP contribution in [0.2, 0.25) is 0 Å². The molecule has 0 N–H and O–H groups in total. The van der Waals surface area contributed by atoms with Gasteiger partial charge in [-0.05, 0) is 57.2 Å². The zero-order valence-electron chi connectivity index (χ0n) is 19.8. The average Bonchev–Trinajstić information content (AvgIpc) is 3.32. The fraction of sp³-hybridized carbons (Fsp3) is 0.333. The lowest BCUT2D eigenvalue weighted by molar-refractivity contribution is 0.0222. The van der Waals surface area contributed by atoms with Crippen molar-refractivity contribution in [2.75, 3.05) is 6.54 Å². The van der Waals surface area contributed by atoms with Crippen LogP contribution in [0, 0.1) is 29.1 Å². The van der Waals surface area contributed by atoms with Gasteiger partial charge >= 0.3 is 16.2 Å². The van der Waals surface area contributed by atoms with Crippen molar-refractivity contribution in [3.8, 4) is 5.75 Å². The van der Waals surface area contributed by atoms with Gasteiger partial charge in [0.25, 0.3) is 0 Å². The summed E-state index contributed by atoms with van der Waals surface area (Å²) in [6.45, 7) is 5.65. The normalized spacial score (nSPS) is 16.3. The summed E-state index contributed by atoms with van der Waals surface area (Å²) in [6.07, 6.45) is 2.13. The van der Waals surface area contributed by atoms with Gasteiger partial charge in [-0.25, -0.2) is 18.0 Å². The van der Waals surface area contributed by atoms with Gasteiger partial charge in [0.15, 0.2) is 0 Å². The van der Waals surface area contributed by atoms with E-state index in [0.29, 0.717) is 35.9 Å². The fourth-order valence-corrected chi connectivity index (χ4v) is 4.97. The van der Waals surface area contributed by atoms with Crippen LogP contribution in [-0.2, 0) is 14.9 Å². The van der Waals surface area contributed by atoms with Gasteiger partial charge in [-0.15, -0.1) is 0 Å². The number of benzene rings is 2. The van der Waals surface area contributed by atoms with E-state index in [4.69, 9.17) is 4.74 Å². The third-order valence-corrected chi connectivity index (χ3v) is 6.83. The fourth-order valence-electron chi connectivity index (χ4n) is 4.01. The van der Waals surface area contributed by atoms with E-state index in [1.165, 1.54) is 23.2 Å². The van der Waals surface area contributed by atoms with Crippen LogP contribution in [0.15, 0.2) is 35.4 Å². The van der Waals surface area contributed by atoms with E-state index in [1.54, 1.807) is 20.8 Å². The molecule has 0 radical (unpaired) electrons. The lowest BCUT2D eigenvalue weighted by atomic mass is 10.0. The van der Waals surface area contributed by atoms with Crippen LogP contribution in [0.1, 0.15) is 45.3 Å². The minimum Gasteiger partial charge on any atom is -0.444 e. The molecular formula is C24H21F5N2O5S. The van der Waals surface area contributed by atoms with E-state index in [1.807, 2.05) is 0 Å². The number of carbonyl (C=O) groups excluding carboxylic acids is 1. The van der Waals surface area contributed by atoms with Gasteiger partial charge in [-0.2, -0.15) is 17.2 Å². The van der Waals surface area contributed by atoms with Gasteiger partial charge < -0.3 is 8.92 Å². The molecule has 1 amide bonds. The Kier molecular flexibility index (Phi) is 6.78. The van der Waals surface area contributed by atoms with Crippen molar-refractivity contribution in [3.63, 3.8) is 0 Å². The molecular weight excluding hydrogens is 523 g/mol. The minimum absolute atomic E-state index is 0.322. The molecule has 0 bridgehead atoms.